The summed E-state index contributed by atoms with van der Waals surface area (Å²) in [4.78, 5) is 12.6. The van der Waals surface area contributed by atoms with Gasteiger partial charge < -0.3 is 10.1 Å². The van der Waals surface area contributed by atoms with Crippen LogP contribution < -0.4 is 5.32 Å². The third kappa shape index (κ3) is 7.03. The molecule has 0 atom stereocenters. The van der Waals surface area contributed by atoms with E-state index in [-0.39, 0.29) is 5.91 Å². The quantitative estimate of drug-likeness (QED) is 0.587. The summed E-state index contributed by atoms with van der Waals surface area (Å²) >= 11 is 4.92. The van der Waals surface area contributed by atoms with Crippen LogP contribution >= 0.6 is 27.7 Å². The Balaban J connectivity index is 2.11. The van der Waals surface area contributed by atoms with Gasteiger partial charge in [-0.2, -0.15) is 0 Å². The van der Waals surface area contributed by atoms with E-state index in [4.69, 9.17) is 4.74 Å². The van der Waals surface area contributed by atoms with Gasteiger partial charge in [-0.25, -0.2) is 0 Å². The minimum Gasteiger partial charge on any atom is -0.382 e. The second-order valence-corrected chi connectivity index (χ2v) is 5.61. The molecule has 3 nitrogen and oxygen atoms in total. The van der Waals surface area contributed by atoms with E-state index in [1.807, 2.05) is 31.2 Å². The molecule has 1 aromatic carbocycles. The number of hydrogen-bond donors (Lipinski definition) is 1. The number of halogens is 1. The fourth-order valence-electron chi connectivity index (χ4n) is 1.28. The summed E-state index contributed by atoms with van der Waals surface area (Å²) in [6.45, 7) is 4.08. The van der Waals surface area contributed by atoms with Crippen LogP contribution in [0.4, 0.5) is 0 Å². The molecule has 1 amide bonds. The lowest BCUT2D eigenvalue weighted by molar-refractivity contribution is -0.118. The Hall–Kier alpha value is -0.520. The SMILES string of the molecule is CCOCCCNC(=O)CSc1ccc(Br)cc1. The molecule has 0 aliphatic carbocycles. The van der Waals surface area contributed by atoms with E-state index in [0.717, 1.165) is 22.4 Å². The van der Waals surface area contributed by atoms with Crippen molar-refractivity contribution in [2.45, 2.75) is 18.2 Å². The van der Waals surface area contributed by atoms with Gasteiger partial charge in [0.25, 0.3) is 0 Å². The van der Waals surface area contributed by atoms with Crippen LogP contribution in [-0.4, -0.2) is 31.4 Å². The first kappa shape index (κ1) is 15.5. The van der Waals surface area contributed by atoms with Crippen molar-refractivity contribution in [3.05, 3.63) is 28.7 Å². The van der Waals surface area contributed by atoms with E-state index in [9.17, 15) is 4.79 Å². The molecule has 0 aliphatic heterocycles. The molecule has 0 bridgehead atoms. The first-order valence-corrected chi connectivity index (χ1v) is 7.73. The van der Waals surface area contributed by atoms with Crippen LogP contribution in [0.25, 0.3) is 0 Å². The lowest BCUT2D eigenvalue weighted by Gasteiger charge is -2.05. The summed E-state index contributed by atoms with van der Waals surface area (Å²) in [5, 5.41) is 2.87. The molecule has 100 valence electrons. The molecule has 0 aliphatic rings. The van der Waals surface area contributed by atoms with Gasteiger partial charge in [-0.05, 0) is 37.6 Å². The number of amides is 1. The highest BCUT2D eigenvalue weighted by molar-refractivity contribution is 9.10. The van der Waals surface area contributed by atoms with Gasteiger partial charge in [-0.15, -0.1) is 11.8 Å². The van der Waals surface area contributed by atoms with Crippen molar-refractivity contribution in [1.29, 1.82) is 0 Å². The van der Waals surface area contributed by atoms with Crippen LogP contribution in [0.5, 0.6) is 0 Å². The Kier molecular flexibility index (Phi) is 8.13. The van der Waals surface area contributed by atoms with Crippen molar-refractivity contribution >= 4 is 33.6 Å². The Bertz CT molecular complexity index is 357. The Morgan fingerprint density at radius 2 is 2.11 bits per heavy atom. The molecule has 18 heavy (non-hydrogen) atoms. The number of rotatable bonds is 8. The van der Waals surface area contributed by atoms with Gasteiger partial charge in [0, 0.05) is 29.1 Å². The van der Waals surface area contributed by atoms with Gasteiger partial charge in [0.2, 0.25) is 5.91 Å². The summed E-state index contributed by atoms with van der Waals surface area (Å²) in [7, 11) is 0. The van der Waals surface area contributed by atoms with Crippen LogP contribution in [0, 0.1) is 0 Å². The topological polar surface area (TPSA) is 38.3 Å². The van der Waals surface area contributed by atoms with E-state index in [1.165, 1.54) is 0 Å². The summed E-state index contributed by atoms with van der Waals surface area (Å²) in [5.74, 6) is 0.524. The second-order valence-electron chi connectivity index (χ2n) is 3.64. The summed E-state index contributed by atoms with van der Waals surface area (Å²) in [6, 6.07) is 7.94. The Labute approximate surface area is 121 Å². The van der Waals surface area contributed by atoms with Crippen LogP contribution in [0.15, 0.2) is 33.6 Å². The van der Waals surface area contributed by atoms with Crippen LogP contribution in [-0.2, 0) is 9.53 Å². The molecular weight excluding hydrogens is 314 g/mol. The van der Waals surface area contributed by atoms with Gasteiger partial charge in [-0.3, -0.25) is 4.79 Å². The monoisotopic (exact) mass is 331 g/mol. The maximum Gasteiger partial charge on any atom is 0.230 e. The zero-order valence-electron chi connectivity index (χ0n) is 10.4. The summed E-state index contributed by atoms with van der Waals surface area (Å²) in [6.07, 6.45) is 0.864. The minimum atomic E-state index is 0.0689. The second kappa shape index (κ2) is 9.42. The molecule has 0 unspecified atom stereocenters. The van der Waals surface area contributed by atoms with Gasteiger partial charge in [0.05, 0.1) is 5.75 Å². The minimum absolute atomic E-state index is 0.0689. The highest BCUT2D eigenvalue weighted by Crippen LogP contribution is 2.20. The largest absolute Gasteiger partial charge is 0.382 e. The van der Waals surface area contributed by atoms with Crippen LogP contribution in [0.3, 0.4) is 0 Å². The molecule has 1 N–H and O–H groups in total. The molecule has 5 heteroatoms. The average molecular weight is 332 g/mol. The number of thioether (sulfide) groups is 1. The molecule has 0 aromatic heterocycles. The zero-order chi connectivity index (χ0) is 13.2. The molecule has 0 saturated heterocycles. The maximum atomic E-state index is 11.5. The molecule has 0 fully saturated rings. The van der Waals surface area contributed by atoms with E-state index in [1.54, 1.807) is 11.8 Å². The standard InChI is InChI=1S/C13H18BrNO2S/c1-2-17-9-3-8-15-13(16)10-18-12-6-4-11(14)5-7-12/h4-7H,2-3,8-10H2,1H3,(H,15,16). The predicted molar refractivity (Wildman–Crippen MR) is 79.0 cm³/mol. The van der Waals surface area contributed by atoms with Gasteiger partial charge in [0.15, 0.2) is 0 Å². The van der Waals surface area contributed by atoms with E-state index in [0.29, 0.717) is 18.9 Å². The number of hydrogen-bond acceptors (Lipinski definition) is 3. The molecule has 0 spiro atoms. The molecular formula is C13H18BrNO2S. The van der Waals surface area contributed by atoms with Crippen molar-refractivity contribution < 1.29 is 9.53 Å². The number of ether oxygens (including phenoxy) is 1. The van der Waals surface area contributed by atoms with E-state index < -0.39 is 0 Å². The first-order chi connectivity index (χ1) is 8.72. The number of carbonyl (C=O) groups is 1. The number of carbonyl (C=O) groups excluding carboxylic acids is 1. The predicted octanol–water partition coefficient (Wildman–Crippen LogP) is 3.08. The van der Waals surface area contributed by atoms with Crippen molar-refractivity contribution in [2.75, 3.05) is 25.5 Å². The lowest BCUT2D eigenvalue weighted by atomic mass is 10.4. The number of benzene rings is 1. The molecule has 1 aromatic rings. The van der Waals surface area contributed by atoms with E-state index >= 15 is 0 Å². The van der Waals surface area contributed by atoms with Gasteiger partial charge >= 0.3 is 0 Å². The van der Waals surface area contributed by atoms with Crippen molar-refractivity contribution in [1.82, 2.24) is 5.32 Å². The smallest absolute Gasteiger partial charge is 0.230 e. The highest BCUT2D eigenvalue weighted by atomic mass is 79.9. The summed E-state index contributed by atoms with van der Waals surface area (Å²) in [5.41, 5.74) is 0. The fourth-order valence-corrected chi connectivity index (χ4v) is 2.27. The highest BCUT2D eigenvalue weighted by Gasteiger charge is 2.02. The van der Waals surface area contributed by atoms with Crippen molar-refractivity contribution in [3.63, 3.8) is 0 Å². The molecule has 0 radical (unpaired) electrons. The Morgan fingerprint density at radius 3 is 2.78 bits per heavy atom. The lowest BCUT2D eigenvalue weighted by Crippen LogP contribution is -2.26. The molecule has 1 rings (SSSR count). The molecule has 0 heterocycles. The zero-order valence-corrected chi connectivity index (χ0v) is 12.9. The van der Waals surface area contributed by atoms with Crippen molar-refractivity contribution in [3.8, 4) is 0 Å². The van der Waals surface area contributed by atoms with Gasteiger partial charge in [0.1, 0.15) is 0 Å². The third-order valence-corrected chi connectivity index (χ3v) is 3.72. The summed E-state index contributed by atoms with van der Waals surface area (Å²) < 4.78 is 6.24. The molecule has 0 saturated carbocycles. The van der Waals surface area contributed by atoms with Gasteiger partial charge in [-0.1, -0.05) is 15.9 Å². The number of nitrogens with one attached hydrogen (secondary N) is 1. The third-order valence-electron chi connectivity index (χ3n) is 2.18. The van der Waals surface area contributed by atoms with E-state index in [2.05, 4.69) is 21.2 Å². The maximum absolute atomic E-state index is 11.5. The van der Waals surface area contributed by atoms with Crippen LogP contribution in [0.1, 0.15) is 13.3 Å². The normalized spacial score (nSPS) is 10.3. The fraction of sp³-hybridized carbons (Fsp3) is 0.462. The first-order valence-electron chi connectivity index (χ1n) is 5.95. The van der Waals surface area contributed by atoms with Crippen LogP contribution in [0.2, 0.25) is 0 Å². The van der Waals surface area contributed by atoms with Crippen molar-refractivity contribution in [2.24, 2.45) is 0 Å². The average Bonchev–Trinajstić information content (AvgIpc) is 2.38. The Morgan fingerprint density at radius 1 is 1.39 bits per heavy atom.